The van der Waals surface area contributed by atoms with Crippen molar-refractivity contribution in [1.29, 1.82) is 0 Å². The van der Waals surface area contributed by atoms with Gasteiger partial charge in [0.2, 0.25) is 0 Å². The van der Waals surface area contributed by atoms with Gasteiger partial charge in [0.1, 0.15) is 5.54 Å². The predicted molar refractivity (Wildman–Crippen MR) is 94.9 cm³/mol. The van der Waals surface area contributed by atoms with Gasteiger partial charge in [0, 0.05) is 50.8 Å². The standard InChI is InChI=1S/C19H25N5O/c1-16-5-2-6-17(21-16)15-22-13-7-19(8-14-22,24-12-3-9-20-24)18(25)23-10-4-11-23/h2-3,5-6,9,12H,4,7-8,10-11,13-15H2,1H3. The van der Waals surface area contributed by atoms with E-state index in [0.717, 1.165) is 63.4 Å². The van der Waals surface area contributed by atoms with E-state index in [0.29, 0.717) is 0 Å². The van der Waals surface area contributed by atoms with E-state index in [1.807, 2.05) is 34.8 Å². The lowest BCUT2D eigenvalue weighted by molar-refractivity contribution is -0.148. The lowest BCUT2D eigenvalue weighted by Crippen LogP contribution is -2.59. The minimum atomic E-state index is -0.513. The number of hydrogen-bond donors (Lipinski definition) is 0. The first-order valence-electron chi connectivity index (χ1n) is 9.12. The molecule has 0 unspecified atom stereocenters. The van der Waals surface area contributed by atoms with Crippen molar-refractivity contribution in [3.05, 3.63) is 48.0 Å². The summed E-state index contributed by atoms with van der Waals surface area (Å²) < 4.78 is 1.90. The highest BCUT2D eigenvalue weighted by atomic mass is 16.2. The SMILES string of the molecule is Cc1cccc(CN2CCC(C(=O)N3CCC3)(n3cccn3)CC2)n1. The molecule has 25 heavy (non-hydrogen) atoms. The van der Waals surface area contributed by atoms with Gasteiger partial charge in [-0.1, -0.05) is 6.07 Å². The van der Waals surface area contributed by atoms with Gasteiger partial charge in [0.25, 0.3) is 5.91 Å². The highest BCUT2D eigenvalue weighted by molar-refractivity contribution is 5.85. The Kier molecular flexibility index (Phi) is 4.29. The number of piperidine rings is 1. The van der Waals surface area contributed by atoms with Crippen LogP contribution in [-0.4, -0.2) is 56.7 Å². The van der Waals surface area contributed by atoms with E-state index in [2.05, 4.69) is 27.1 Å². The Bertz CT molecular complexity index is 730. The van der Waals surface area contributed by atoms with Gasteiger partial charge in [-0.05, 0) is 44.4 Å². The number of likely N-dealkylation sites (tertiary alicyclic amines) is 2. The summed E-state index contributed by atoms with van der Waals surface area (Å²) >= 11 is 0. The largest absolute Gasteiger partial charge is 0.340 e. The molecular formula is C19H25N5O. The lowest BCUT2D eigenvalue weighted by Gasteiger charge is -2.45. The second-order valence-corrected chi connectivity index (χ2v) is 7.17. The zero-order valence-electron chi connectivity index (χ0n) is 14.8. The zero-order valence-corrected chi connectivity index (χ0v) is 14.8. The summed E-state index contributed by atoms with van der Waals surface area (Å²) in [6, 6.07) is 8.07. The average Bonchev–Trinajstić information content (AvgIpc) is 3.09. The van der Waals surface area contributed by atoms with Crippen LogP contribution in [0.1, 0.15) is 30.7 Å². The summed E-state index contributed by atoms with van der Waals surface area (Å²) in [6.07, 6.45) is 6.43. The van der Waals surface area contributed by atoms with Crippen molar-refractivity contribution in [3.8, 4) is 0 Å². The monoisotopic (exact) mass is 339 g/mol. The molecule has 2 aliphatic rings. The summed E-state index contributed by atoms with van der Waals surface area (Å²) in [5.74, 6) is 0.246. The molecule has 4 heterocycles. The van der Waals surface area contributed by atoms with Gasteiger partial charge < -0.3 is 4.90 Å². The van der Waals surface area contributed by atoms with Crippen LogP contribution < -0.4 is 0 Å². The maximum absolute atomic E-state index is 13.1. The van der Waals surface area contributed by atoms with Gasteiger partial charge >= 0.3 is 0 Å². The second-order valence-electron chi connectivity index (χ2n) is 7.17. The molecule has 2 saturated heterocycles. The molecule has 2 fully saturated rings. The molecule has 0 bridgehead atoms. The summed E-state index contributed by atoms with van der Waals surface area (Å²) in [7, 11) is 0. The van der Waals surface area contributed by atoms with Crippen LogP contribution >= 0.6 is 0 Å². The van der Waals surface area contributed by atoms with E-state index in [-0.39, 0.29) is 5.91 Å². The fourth-order valence-electron chi connectivity index (χ4n) is 3.87. The minimum absolute atomic E-state index is 0.246. The molecule has 2 aromatic rings. The summed E-state index contributed by atoms with van der Waals surface area (Å²) in [4.78, 5) is 22.1. The molecule has 0 saturated carbocycles. The Morgan fingerprint density at radius 2 is 1.96 bits per heavy atom. The molecule has 0 spiro atoms. The summed E-state index contributed by atoms with van der Waals surface area (Å²) in [6.45, 7) is 6.41. The fraction of sp³-hybridized carbons (Fsp3) is 0.526. The van der Waals surface area contributed by atoms with Gasteiger partial charge in [-0.15, -0.1) is 0 Å². The van der Waals surface area contributed by atoms with Crippen LogP contribution in [0.15, 0.2) is 36.7 Å². The Morgan fingerprint density at radius 3 is 2.56 bits per heavy atom. The number of carbonyl (C=O) groups is 1. The summed E-state index contributed by atoms with van der Waals surface area (Å²) in [5, 5.41) is 4.43. The fourth-order valence-corrected chi connectivity index (χ4v) is 3.87. The minimum Gasteiger partial charge on any atom is -0.340 e. The first-order valence-corrected chi connectivity index (χ1v) is 9.12. The highest BCUT2D eigenvalue weighted by Gasteiger charge is 2.46. The molecule has 1 amide bonds. The predicted octanol–water partition coefficient (Wildman–Crippen LogP) is 1.81. The van der Waals surface area contributed by atoms with Crippen molar-refractivity contribution in [1.82, 2.24) is 24.6 Å². The van der Waals surface area contributed by atoms with Crippen LogP contribution in [0.3, 0.4) is 0 Å². The molecule has 0 aromatic carbocycles. The van der Waals surface area contributed by atoms with E-state index < -0.39 is 5.54 Å². The lowest BCUT2D eigenvalue weighted by atomic mass is 9.85. The van der Waals surface area contributed by atoms with Gasteiger partial charge in [0.05, 0.1) is 5.69 Å². The molecule has 2 aliphatic heterocycles. The molecule has 6 nitrogen and oxygen atoms in total. The molecule has 6 heteroatoms. The van der Waals surface area contributed by atoms with Crippen LogP contribution in [0.5, 0.6) is 0 Å². The van der Waals surface area contributed by atoms with Crippen molar-refractivity contribution in [2.45, 2.75) is 38.3 Å². The zero-order chi connectivity index (χ0) is 17.3. The van der Waals surface area contributed by atoms with Gasteiger partial charge in [-0.2, -0.15) is 5.10 Å². The number of aromatic nitrogens is 3. The Morgan fingerprint density at radius 1 is 1.16 bits per heavy atom. The Labute approximate surface area is 148 Å². The first-order chi connectivity index (χ1) is 12.2. The molecule has 0 radical (unpaired) electrons. The Hall–Kier alpha value is -2.21. The smallest absolute Gasteiger partial charge is 0.250 e. The van der Waals surface area contributed by atoms with Crippen molar-refractivity contribution < 1.29 is 4.79 Å². The number of hydrogen-bond acceptors (Lipinski definition) is 4. The van der Waals surface area contributed by atoms with Gasteiger partial charge in [0.15, 0.2) is 0 Å². The molecule has 132 valence electrons. The van der Waals surface area contributed by atoms with E-state index in [4.69, 9.17) is 0 Å². The number of aryl methyl sites for hydroxylation is 1. The van der Waals surface area contributed by atoms with Gasteiger partial charge in [-0.25, -0.2) is 0 Å². The van der Waals surface area contributed by atoms with E-state index in [1.165, 1.54) is 0 Å². The average molecular weight is 339 g/mol. The van der Waals surface area contributed by atoms with Crippen LogP contribution in [0.25, 0.3) is 0 Å². The topological polar surface area (TPSA) is 54.3 Å². The van der Waals surface area contributed by atoms with Crippen molar-refractivity contribution in [2.75, 3.05) is 26.2 Å². The molecule has 4 rings (SSSR count). The van der Waals surface area contributed by atoms with E-state index in [9.17, 15) is 4.79 Å². The molecule has 0 atom stereocenters. The number of nitrogens with zero attached hydrogens (tertiary/aromatic N) is 5. The Balaban J connectivity index is 1.49. The molecule has 0 aliphatic carbocycles. The van der Waals surface area contributed by atoms with Gasteiger partial charge in [-0.3, -0.25) is 19.4 Å². The van der Waals surface area contributed by atoms with Crippen molar-refractivity contribution in [2.24, 2.45) is 0 Å². The second kappa shape index (κ2) is 6.59. The van der Waals surface area contributed by atoms with Crippen molar-refractivity contribution in [3.63, 3.8) is 0 Å². The number of carbonyl (C=O) groups excluding carboxylic acids is 1. The number of rotatable bonds is 4. The third kappa shape index (κ3) is 3.06. The third-order valence-corrected chi connectivity index (χ3v) is 5.50. The van der Waals surface area contributed by atoms with Crippen LogP contribution in [0.4, 0.5) is 0 Å². The summed E-state index contributed by atoms with van der Waals surface area (Å²) in [5.41, 5.74) is 1.63. The number of amides is 1. The normalized spacial score (nSPS) is 20.3. The molecule has 2 aromatic heterocycles. The first kappa shape index (κ1) is 16.3. The van der Waals surface area contributed by atoms with E-state index in [1.54, 1.807) is 6.20 Å². The quantitative estimate of drug-likeness (QED) is 0.852. The molecular weight excluding hydrogens is 314 g/mol. The van der Waals surface area contributed by atoms with Crippen molar-refractivity contribution >= 4 is 5.91 Å². The van der Waals surface area contributed by atoms with E-state index >= 15 is 0 Å². The maximum Gasteiger partial charge on any atom is 0.250 e. The van der Waals surface area contributed by atoms with Crippen LogP contribution in [-0.2, 0) is 16.9 Å². The van der Waals surface area contributed by atoms with Crippen LogP contribution in [0, 0.1) is 6.92 Å². The maximum atomic E-state index is 13.1. The number of pyridine rings is 1. The third-order valence-electron chi connectivity index (χ3n) is 5.50. The van der Waals surface area contributed by atoms with Crippen LogP contribution in [0.2, 0.25) is 0 Å². The highest BCUT2D eigenvalue weighted by Crippen LogP contribution is 2.33. The molecule has 0 N–H and O–H groups in total.